The number of amides is 1. The number of thiazole rings is 1. The average Bonchev–Trinajstić information content (AvgIpc) is 3.13. The fraction of sp³-hybridized carbons (Fsp3) is 0.250. The van der Waals surface area contributed by atoms with Crippen molar-refractivity contribution < 1.29 is 9.18 Å². The third kappa shape index (κ3) is 4.73. The highest BCUT2D eigenvalue weighted by atomic mass is 32.1. The lowest BCUT2D eigenvalue weighted by atomic mass is 10.00. The molecule has 0 radical (unpaired) electrons. The second kappa shape index (κ2) is 8.67. The van der Waals surface area contributed by atoms with Gasteiger partial charge in [0.15, 0.2) is 0 Å². The summed E-state index contributed by atoms with van der Waals surface area (Å²) in [6, 6.07) is 10.4. The topological polar surface area (TPSA) is 54.9 Å². The van der Waals surface area contributed by atoms with Crippen molar-refractivity contribution in [3.8, 4) is 10.6 Å². The van der Waals surface area contributed by atoms with E-state index in [-0.39, 0.29) is 17.6 Å². The van der Waals surface area contributed by atoms with Crippen LogP contribution in [0, 0.1) is 11.7 Å². The molecule has 2 heterocycles. The Morgan fingerprint density at radius 3 is 2.77 bits per heavy atom. The van der Waals surface area contributed by atoms with Gasteiger partial charge in [-0.1, -0.05) is 25.1 Å². The van der Waals surface area contributed by atoms with Gasteiger partial charge < -0.3 is 5.32 Å². The number of halogens is 1. The molecule has 0 aliphatic heterocycles. The number of nitrogens with one attached hydrogen (secondary N) is 1. The van der Waals surface area contributed by atoms with Gasteiger partial charge in [0.25, 0.3) is 0 Å². The van der Waals surface area contributed by atoms with Gasteiger partial charge in [-0.2, -0.15) is 0 Å². The zero-order valence-corrected chi connectivity index (χ0v) is 15.3. The number of aromatic nitrogens is 2. The van der Waals surface area contributed by atoms with Crippen LogP contribution in [0.25, 0.3) is 10.6 Å². The summed E-state index contributed by atoms with van der Waals surface area (Å²) in [4.78, 5) is 20.8. The van der Waals surface area contributed by atoms with Gasteiger partial charge in [0.1, 0.15) is 10.8 Å². The molecule has 1 amide bonds. The van der Waals surface area contributed by atoms with Crippen LogP contribution in [0.3, 0.4) is 0 Å². The summed E-state index contributed by atoms with van der Waals surface area (Å²) in [7, 11) is 0. The zero-order valence-electron chi connectivity index (χ0n) is 14.5. The number of pyridine rings is 1. The molecule has 3 rings (SSSR count). The summed E-state index contributed by atoms with van der Waals surface area (Å²) in [5.74, 6) is -0.620. The van der Waals surface area contributed by atoms with Crippen molar-refractivity contribution >= 4 is 17.2 Å². The van der Waals surface area contributed by atoms with E-state index >= 15 is 0 Å². The van der Waals surface area contributed by atoms with Crippen molar-refractivity contribution in [2.75, 3.05) is 6.54 Å². The normalized spacial score (nSPS) is 11.9. The molecule has 1 aromatic carbocycles. The van der Waals surface area contributed by atoms with E-state index in [9.17, 15) is 9.18 Å². The lowest BCUT2D eigenvalue weighted by molar-refractivity contribution is -0.124. The molecule has 1 N–H and O–H groups in total. The van der Waals surface area contributed by atoms with Crippen LogP contribution >= 0.6 is 11.3 Å². The summed E-state index contributed by atoms with van der Waals surface area (Å²) in [6.07, 6.45) is 4.54. The highest BCUT2D eigenvalue weighted by Crippen LogP contribution is 2.22. The van der Waals surface area contributed by atoms with Gasteiger partial charge in [-0.05, 0) is 30.2 Å². The highest BCUT2D eigenvalue weighted by molar-refractivity contribution is 7.13. The molecule has 3 aromatic rings. The van der Waals surface area contributed by atoms with Gasteiger partial charge in [-0.25, -0.2) is 9.37 Å². The van der Waals surface area contributed by atoms with Crippen LogP contribution in [0.4, 0.5) is 4.39 Å². The third-order valence-corrected chi connectivity index (χ3v) is 5.03. The molecule has 0 aliphatic carbocycles. The maximum Gasteiger partial charge on any atom is 0.223 e. The second-order valence-corrected chi connectivity index (χ2v) is 6.98. The van der Waals surface area contributed by atoms with E-state index in [1.54, 1.807) is 41.9 Å². The number of carbonyl (C=O) groups excluding carboxylic acids is 1. The Morgan fingerprint density at radius 1 is 1.23 bits per heavy atom. The Hall–Kier alpha value is -2.60. The van der Waals surface area contributed by atoms with Gasteiger partial charge in [0.05, 0.1) is 5.69 Å². The van der Waals surface area contributed by atoms with Crippen LogP contribution in [0.15, 0.2) is 54.2 Å². The Kier molecular flexibility index (Phi) is 6.07. The molecule has 26 heavy (non-hydrogen) atoms. The third-order valence-electron chi connectivity index (χ3n) is 4.09. The van der Waals surface area contributed by atoms with Gasteiger partial charge in [0.2, 0.25) is 5.91 Å². The molecule has 0 saturated heterocycles. The summed E-state index contributed by atoms with van der Waals surface area (Å²) in [5.41, 5.74) is 2.55. The van der Waals surface area contributed by atoms with E-state index in [2.05, 4.69) is 15.3 Å². The molecule has 1 unspecified atom stereocenters. The largest absolute Gasteiger partial charge is 0.355 e. The van der Waals surface area contributed by atoms with Crippen molar-refractivity contribution in [1.82, 2.24) is 15.3 Å². The molecule has 2 aromatic heterocycles. The first kappa shape index (κ1) is 18.2. The first-order valence-corrected chi connectivity index (χ1v) is 9.37. The maximum absolute atomic E-state index is 13.7. The van der Waals surface area contributed by atoms with E-state index < -0.39 is 0 Å². The number of nitrogens with zero attached hydrogens (tertiary/aromatic N) is 2. The van der Waals surface area contributed by atoms with E-state index in [0.29, 0.717) is 24.9 Å². The van der Waals surface area contributed by atoms with Gasteiger partial charge >= 0.3 is 0 Å². The standard InChI is InChI=1S/C20H20FN3OS/c1-14(12-16-4-2-3-5-18(16)21)19(25)23-11-8-17-13-26-20(24-17)15-6-9-22-10-7-15/h2-7,9-10,13-14H,8,11-12H2,1H3,(H,23,25). The van der Waals surface area contributed by atoms with Crippen molar-refractivity contribution in [2.45, 2.75) is 19.8 Å². The van der Waals surface area contributed by atoms with Crippen LogP contribution in [0.5, 0.6) is 0 Å². The van der Waals surface area contributed by atoms with E-state index in [0.717, 1.165) is 16.3 Å². The summed E-state index contributed by atoms with van der Waals surface area (Å²) in [5, 5.41) is 5.86. The van der Waals surface area contributed by atoms with Gasteiger partial charge in [-0.3, -0.25) is 9.78 Å². The second-order valence-electron chi connectivity index (χ2n) is 6.12. The molecular formula is C20H20FN3OS. The first-order chi connectivity index (χ1) is 12.6. The van der Waals surface area contributed by atoms with Gasteiger partial charge in [-0.15, -0.1) is 11.3 Å². The van der Waals surface area contributed by atoms with Crippen LogP contribution in [-0.2, 0) is 17.6 Å². The Morgan fingerprint density at radius 2 is 2.00 bits per heavy atom. The minimum absolute atomic E-state index is 0.0714. The Balaban J connectivity index is 1.48. The number of benzene rings is 1. The minimum atomic E-state index is -0.283. The first-order valence-electron chi connectivity index (χ1n) is 8.49. The molecule has 4 nitrogen and oxygen atoms in total. The summed E-state index contributed by atoms with van der Waals surface area (Å²) in [6.45, 7) is 2.33. The fourth-order valence-electron chi connectivity index (χ4n) is 2.62. The molecular weight excluding hydrogens is 349 g/mol. The average molecular weight is 369 g/mol. The predicted octanol–water partition coefficient (Wildman–Crippen LogP) is 3.88. The van der Waals surface area contributed by atoms with Crippen LogP contribution in [-0.4, -0.2) is 22.4 Å². The lowest BCUT2D eigenvalue weighted by Crippen LogP contribution is -2.32. The lowest BCUT2D eigenvalue weighted by Gasteiger charge is -2.12. The molecule has 1 atom stereocenters. The number of hydrogen-bond donors (Lipinski definition) is 1. The summed E-state index contributed by atoms with van der Waals surface area (Å²) < 4.78 is 13.7. The SMILES string of the molecule is CC(Cc1ccccc1F)C(=O)NCCc1csc(-c2ccncc2)n1. The van der Waals surface area contributed by atoms with Crippen molar-refractivity contribution in [3.63, 3.8) is 0 Å². The molecule has 0 spiro atoms. The van der Waals surface area contributed by atoms with Gasteiger partial charge in [0, 0.05) is 42.2 Å². The smallest absolute Gasteiger partial charge is 0.223 e. The molecule has 6 heteroatoms. The Labute approximate surface area is 156 Å². The fourth-order valence-corrected chi connectivity index (χ4v) is 3.48. The molecule has 0 bridgehead atoms. The van der Waals surface area contributed by atoms with Crippen molar-refractivity contribution in [1.29, 1.82) is 0 Å². The van der Waals surface area contributed by atoms with E-state index in [4.69, 9.17) is 0 Å². The van der Waals surface area contributed by atoms with Crippen LogP contribution in [0.2, 0.25) is 0 Å². The van der Waals surface area contributed by atoms with Crippen LogP contribution < -0.4 is 5.32 Å². The summed E-state index contributed by atoms with van der Waals surface area (Å²) >= 11 is 1.58. The highest BCUT2D eigenvalue weighted by Gasteiger charge is 2.15. The monoisotopic (exact) mass is 369 g/mol. The quantitative estimate of drug-likeness (QED) is 0.688. The van der Waals surface area contributed by atoms with E-state index in [1.165, 1.54) is 6.07 Å². The molecule has 0 saturated carbocycles. The number of hydrogen-bond acceptors (Lipinski definition) is 4. The molecule has 134 valence electrons. The zero-order chi connectivity index (χ0) is 18.4. The predicted molar refractivity (Wildman–Crippen MR) is 101 cm³/mol. The number of carbonyl (C=O) groups is 1. The van der Waals surface area contributed by atoms with Crippen molar-refractivity contribution in [2.24, 2.45) is 5.92 Å². The maximum atomic E-state index is 13.7. The number of rotatable bonds is 7. The van der Waals surface area contributed by atoms with Crippen LogP contribution in [0.1, 0.15) is 18.2 Å². The molecule has 0 aliphatic rings. The minimum Gasteiger partial charge on any atom is -0.355 e. The van der Waals surface area contributed by atoms with Crippen molar-refractivity contribution in [3.05, 3.63) is 71.2 Å². The Bertz CT molecular complexity index is 866. The molecule has 0 fully saturated rings. The van der Waals surface area contributed by atoms with E-state index in [1.807, 2.05) is 24.4 Å².